The number of nitrogens with zero attached hydrogens (tertiary/aromatic N) is 1. The van der Waals surface area contributed by atoms with Gasteiger partial charge < -0.3 is 10.2 Å². The quantitative estimate of drug-likeness (QED) is 0.888. The maximum absolute atomic E-state index is 14.4. The normalized spacial score (nSPS) is 14.5. The van der Waals surface area contributed by atoms with Gasteiger partial charge in [-0.15, -0.1) is 0 Å². The van der Waals surface area contributed by atoms with E-state index in [0.717, 1.165) is 32.4 Å². The highest BCUT2D eigenvalue weighted by atomic mass is 19.1. The van der Waals surface area contributed by atoms with Gasteiger partial charge in [0.2, 0.25) is 0 Å². The van der Waals surface area contributed by atoms with Crippen LogP contribution in [0.25, 0.3) is 0 Å². The molecule has 1 fully saturated rings. The standard InChI is InChI=1S/C20H23FN2O/c1-2-15-6-8-16(9-7-15)20(24)22-17-10-11-19(18(21)14-17)23-12-4-3-5-13-23/h6-11,14H,2-5,12-13H2,1H3,(H,22,24). The second kappa shape index (κ2) is 7.47. The molecule has 1 amide bonds. The molecule has 1 N–H and O–H groups in total. The van der Waals surface area contributed by atoms with E-state index in [1.807, 2.05) is 12.1 Å². The fourth-order valence-corrected chi connectivity index (χ4v) is 3.07. The van der Waals surface area contributed by atoms with Crippen molar-refractivity contribution in [3.8, 4) is 0 Å². The Morgan fingerprint density at radius 1 is 1.08 bits per heavy atom. The molecule has 3 nitrogen and oxygen atoms in total. The van der Waals surface area contributed by atoms with Crippen molar-refractivity contribution >= 4 is 17.3 Å². The highest BCUT2D eigenvalue weighted by Gasteiger charge is 2.15. The number of carbonyl (C=O) groups excluding carboxylic acids is 1. The van der Waals surface area contributed by atoms with E-state index in [9.17, 15) is 9.18 Å². The number of amides is 1. The Labute approximate surface area is 142 Å². The summed E-state index contributed by atoms with van der Waals surface area (Å²) in [5.74, 6) is -0.501. The lowest BCUT2D eigenvalue weighted by Gasteiger charge is -2.29. The van der Waals surface area contributed by atoms with Crippen molar-refractivity contribution in [3.05, 3.63) is 59.4 Å². The molecule has 1 heterocycles. The molecule has 0 saturated carbocycles. The van der Waals surface area contributed by atoms with Gasteiger partial charge in [0.15, 0.2) is 0 Å². The van der Waals surface area contributed by atoms with E-state index in [1.165, 1.54) is 18.1 Å². The minimum atomic E-state index is -0.281. The summed E-state index contributed by atoms with van der Waals surface area (Å²) in [7, 11) is 0. The Balaban J connectivity index is 1.70. The van der Waals surface area contributed by atoms with Gasteiger partial charge in [-0.25, -0.2) is 4.39 Å². The first-order valence-electron chi connectivity index (χ1n) is 8.62. The van der Waals surface area contributed by atoms with Crippen molar-refractivity contribution in [2.24, 2.45) is 0 Å². The van der Waals surface area contributed by atoms with Crippen LogP contribution in [-0.4, -0.2) is 19.0 Å². The number of rotatable bonds is 4. The maximum Gasteiger partial charge on any atom is 0.255 e. The van der Waals surface area contributed by atoms with Crippen LogP contribution in [0.4, 0.5) is 15.8 Å². The maximum atomic E-state index is 14.4. The Hall–Kier alpha value is -2.36. The molecule has 0 atom stereocenters. The molecule has 24 heavy (non-hydrogen) atoms. The van der Waals surface area contributed by atoms with Crippen LogP contribution in [0.15, 0.2) is 42.5 Å². The van der Waals surface area contributed by atoms with Crippen LogP contribution in [0.1, 0.15) is 42.1 Å². The fourth-order valence-electron chi connectivity index (χ4n) is 3.07. The molecule has 1 aliphatic rings. The lowest BCUT2D eigenvalue weighted by molar-refractivity contribution is 0.102. The van der Waals surface area contributed by atoms with Crippen LogP contribution in [-0.2, 0) is 6.42 Å². The minimum absolute atomic E-state index is 0.220. The summed E-state index contributed by atoms with van der Waals surface area (Å²) in [5, 5.41) is 2.77. The second-order valence-electron chi connectivity index (χ2n) is 6.22. The highest BCUT2D eigenvalue weighted by Crippen LogP contribution is 2.26. The monoisotopic (exact) mass is 326 g/mol. The van der Waals surface area contributed by atoms with E-state index in [0.29, 0.717) is 16.9 Å². The number of aryl methyl sites for hydroxylation is 1. The molecule has 126 valence electrons. The molecule has 0 aromatic heterocycles. The van der Waals surface area contributed by atoms with E-state index in [4.69, 9.17) is 0 Å². The molecule has 2 aromatic rings. The van der Waals surface area contributed by atoms with Crippen LogP contribution in [0.5, 0.6) is 0 Å². The van der Waals surface area contributed by atoms with Crippen LogP contribution in [0.2, 0.25) is 0 Å². The molecule has 0 unspecified atom stereocenters. The molecule has 0 spiro atoms. The van der Waals surface area contributed by atoms with Crippen LogP contribution in [0.3, 0.4) is 0 Å². The zero-order chi connectivity index (χ0) is 16.9. The number of anilines is 2. The number of hydrogen-bond donors (Lipinski definition) is 1. The summed E-state index contributed by atoms with van der Waals surface area (Å²) in [6.07, 6.45) is 4.35. The molecule has 1 saturated heterocycles. The second-order valence-corrected chi connectivity index (χ2v) is 6.22. The topological polar surface area (TPSA) is 32.3 Å². The SMILES string of the molecule is CCc1ccc(C(=O)Nc2ccc(N3CCCCC3)c(F)c2)cc1. The van der Waals surface area contributed by atoms with Crippen molar-refractivity contribution in [2.45, 2.75) is 32.6 Å². The number of carbonyl (C=O) groups is 1. The first kappa shape index (κ1) is 16.5. The zero-order valence-corrected chi connectivity index (χ0v) is 14.0. The third-order valence-electron chi connectivity index (χ3n) is 4.53. The molecular weight excluding hydrogens is 303 g/mol. The average molecular weight is 326 g/mol. The predicted octanol–water partition coefficient (Wildman–Crippen LogP) is 4.63. The lowest BCUT2D eigenvalue weighted by atomic mass is 10.1. The number of halogens is 1. The summed E-state index contributed by atoms with van der Waals surface area (Å²) in [5.41, 5.74) is 2.87. The van der Waals surface area contributed by atoms with Gasteiger partial charge in [-0.1, -0.05) is 19.1 Å². The molecule has 1 aliphatic heterocycles. The first-order valence-corrected chi connectivity index (χ1v) is 8.62. The Kier molecular flexibility index (Phi) is 5.14. The average Bonchev–Trinajstić information content (AvgIpc) is 2.62. The summed E-state index contributed by atoms with van der Waals surface area (Å²) >= 11 is 0. The van der Waals surface area contributed by atoms with Crippen molar-refractivity contribution in [1.29, 1.82) is 0 Å². The van der Waals surface area contributed by atoms with Gasteiger partial charge in [-0.2, -0.15) is 0 Å². The molecule has 3 rings (SSSR count). The zero-order valence-electron chi connectivity index (χ0n) is 14.0. The van der Waals surface area contributed by atoms with Crippen LogP contribution in [0, 0.1) is 5.82 Å². The Morgan fingerprint density at radius 3 is 2.42 bits per heavy atom. The van der Waals surface area contributed by atoms with Crippen LogP contribution < -0.4 is 10.2 Å². The molecular formula is C20H23FN2O. The first-order chi connectivity index (χ1) is 11.7. The van der Waals surface area contributed by atoms with E-state index in [2.05, 4.69) is 17.1 Å². The number of hydrogen-bond acceptors (Lipinski definition) is 2. The van der Waals surface area contributed by atoms with Crippen LogP contribution >= 0.6 is 0 Å². The smallest absolute Gasteiger partial charge is 0.255 e. The predicted molar refractivity (Wildman–Crippen MR) is 96.2 cm³/mol. The Morgan fingerprint density at radius 2 is 1.79 bits per heavy atom. The molecule has 0 bridgehead atoms. The highest BCUT2D eigenvalue weighted by molar-refractivity contribution is 6.04. The molecule has 0 radical (unpaired) electrons. The number of piperidine rings is 1. The Bertz CT molecular complexity index is 706. The largest absolute Gasteiger partial charge is 0.369 e. The van der Waals surface area contributed by atoms with Gasteiger partial charge in [0.05, 0.1) is 5.69 Å². The summed E-state index contributed by atoms with van der Waals surface area (Å²) in [6.45, 7) is 3.86. The molecule has 4 heteroatoms. The van der Waals surface area contributed by atoms with Gasteiger partial charge in [-0.05, 0) is 61.6 Å². The van der Waals surface area contributed by atoms with Gasteiger partial charge in [0.1, 0.15) is 5.82 Å². The van der Waals surface area contributed by atoms with Crippen molar-refractivity contribution in [3.63, 3.8) is 0 Å². The molecule has 0 aliphatic carbocycles. The van der Waals surface area contributed by atoms with Crippen molar-refractivity contribution in [2.75, 3.05) is 23.3 Å². The van der Waals surface area contributed by atoms with E-state index >= 15 is 0 Å². The fraction of sp³-hybridized carbons (Fsp3) is 0.350. The molecule has 2 aromatic carbocycles. The van der Waals surface area contributed by atoms with Crippen molar-refractivity contribution in [1.82, 2.24) is 0 Å². The van der Waals surface area contributed by atoms with E-state index < -0.39 is 0 Å². The van der Waals surface area contributed by atoms with E-state index in [1.54, 1.807) is 24.3 Å². The lowest BCUT2D eigenvalue weighted by Crippen LogP contribution is -2.30. The van der Waals surface area contributed by atoms with E-state index in [-0.39, 0.29) is 11.7 Å². The number of nitrogens with one attached hydrogen (secondary N) is 1. The minimum Gasteiger partial charge on any atom is -0.369 e. The van der Waals surface area contributed by atoms with Gasteiger partial charge in [-0.3, -0.25) is 4.79 Å². The van der Waals surface area contributed by atoms with Crippen molar-refractivity contribution < 1.29 is 9.18 Å². The summed E-state index contributed by atoms with van der Waals surface area (Å²) in [4.78, 5) is 14.3. The van der Waals surface area contributed by atoms with Gasteiger partial charge in [0, 0.05) is 24.3 Å². The third kappa shape index (κ3) is 3.75. The summed E-state index contributed by atoms with van der Waals surface area (Å²) < 4.78 is 14.4. The summed E-state index contributed by atoms with van der Waals surface area (Å²) in [6, 6.07) is 12.4. The third-order valence-corrected chi connectivity index (χ3v) is 4.53. The van der Waals surface area contributed by atoms with Gasteiger partial charge in [0.25, 0.3) is 5.91 Å². The number of benzene rings is 2. The van der Waals surface area contributed by atoms with Gasteiger partial charge >= 0.3 is 0 Å².